The third-order valence-corrected chi connectivity index (χ3v) is 6.29. The minimum atomic E-state index is -1.27. The molecule has 0 spiro atoms. The fourth-order valence-corrected chi connectivity index (χ4v) is 4.49. The highest BCUT2D eigenvalue weighted by Crippen LogP contribution is 2.37. The molecule has 1 atom stereocenters. The van der Waals surface area contributed by atoms with Crippen molar-refractivity contribution in [2.45, 2.75) is 57.7 Å². The molecule has 9 nitrogen and oxygen atoms in total. The van der Waals surface area contributed by atoms with Crippen LogP contribution in [0, 0.1) is 0 Å². The van der Waals surface area contributed by atoms with Gasteiger partial charge in [-0.25, -0.2) is 0 Å². The molecule has 4 rings (SSSR count). The number of hydrogen-bond donors (Lipinski definition) is 1. The molecule has 1 N–H and O–H groups in total. The Morgan fingerprint density at radius 1 is 1.09 bits per heavy atom. The van der Waals surface area contributed by atoms with Gasteiger partial charge in [-0.3, -0.25) is 24.0 Å². The molecule has 1 aliphatic heterocycles. The number of fused-ring (bicyclic) bond motifs is 1. The molecule has 1 aromatic carbocycles. The van der Waals surface area contributed by atoms with E-state index >= 15 is 0 Å². The maximum atomic E-state index is 13.7. The lowest BCUT2D eigenvalue weighted by atomic mass is 9.93. The molecule has 0 radical (unpaired) electrons. The van der Waals surface area contributed by atoms with E-state index in [4.69, 9.17) is 9.47 Å². The predicted molar refractivity (Wildman–Crippen MR) is 117 cm³/mol. The van der Waals surface area contributed by atoms with Gasteiger partial charge >= 0.3 is 0 Å². The van der Waals surface area contributed by atoms with Crippen molar-refractivity contribution in [3.8, 4) is 11.5 Å². The Hall–Kier alpha value is -3.36. The van der Waals surface area contributed by atoms with E-state index in [2.05, 4.69) is 10.4 Å². The van der Waals surface area contributed by atoms with Crippen molar-refractivity contribution in [1.29, 1.82) is 0 Å². The number of benzene rings is 1. The molecule has 1 saturated carbocycles. The number of Topliss-reactive ketones (excluding diaryl/α,β-unsaturated/α-hetero) is 1. The number of hydrogen-bond acceptors (Lipinski definition) is 6. The number of rotatable bonds is 6. The number of amides is 2. The molecule has 9 heteroatoms. The number of ether oxygens (including phenoxy) is 2. The van der Waals surface area contributed by atoms with Gasteiger partial charge in [-0.05, 0) is 19.8 Å². The third kappa shape index (κ3) is 3.72. The highest BCUT2D eigenvalue weighted by molar-refractivity contribution is 6.12. The summed E-state index contributed by atoms with van der Waals surface area (Å²) in [6.07, 6.45) is 3.99. The van der Waals surface area contributed by atoms with Gasteiger partial charge in [0.05, 0.1) is 26.5 Å². The fraction of sp³-hybridized carbons (Fsp3) is 0.478. The molecular formula is C23H28N4O5. The van der Waals surface area contributed by atoms with E-state index in [9.17, 15) is 14.4 Å². The molecule has 0 bridgehead atoms. The first-order valence-electron chi connectivity index (χ1n) is 10.7. The topological polar surface area (TPSA) is 103 Å². The summed E-state index contributed by atoms with van der Waals surface area (Å²) in [6.45, 7) is 3.23. The number of carbonyl (C=O) groups is 3. The smallest absolute Gasteiger partial charge is 0.277 e. The number of aromatic nitrogens is 2. The summed E-state index contributed by atoms with van der Waals surface area (Å²) in [6, 6.07) is 6.65. The van der Waals surface area contributed by atoms with Crippen LogP contribution in [0.25, 0.3) is 0 Å². The highest BCUT2D eigenvalue weighted by atomic mass is 16.5. The Bertz CT molecular complexity index is 1050. The Morgan fingerprint density at radius 2 is 1.72 bits per heavy atom. The van der Waals surface area contributed by atoms with Gasteiger partial charge in [0, 0.05) is 37.2 Å². The SMILES string of the molecule is COc1cc(OC)cc(N2C(=O)c3cc(C(C)=O)nn3CC2(C)C(=O)NC2CCCC2)c1. The first kappa shape index (κ1) is 21.9. The van der Waals surface area contributed by atoms with Gasteiger partial charge in [-0.2, -0.15) is 5.10 Å². The van der Waals surface area contributed by atoms with Crippen LogP contribution in [0.5, 0.6) is 11.5 Å². The lowest BCUT2D eigenvalue weighted by Gasteiger charge is -2.43. The van der Waals surface area contributed by atoms with Crippen molar-refractivity contribution >= 4 is 23.3 Å². The van der Waals surface area contributed by atoms with Crippen LogP contribution in [0.1, 0.15) is 60.5 Å². The zero-order valence-corrected chi connectivity index (χ0v) is 18.8. The summed E-state index contributed by atoms with van der Waals surface area (Å²) in [5.74, 6) is 0.0653. The van der Waals surface area contributed by atoms with Crippen LogP contribution in [0.4, 0.5) is 5.69 Å². The van der Waals surface area contributed by atoms with Crippen LogP contribution in [0.15, 0.2) is 24.3 Å². The van der Waals surface area contributed by atoms with Crippen LogP contribution in [-0.2, 0) is 11.3 Å². The summed E-state index contributed by atoms with van der Waals surface area (Å²) < 4.78 is 12.2. The molecule has 1 aromatic heterocycles. The van der Waals surface area contributed by atoms with Crippen LogP contribution >= 0.6 is 0 Å². The van der Waals surface area contributed by atoms with E-state index in [0.717, 1.165) is 25.7 Å². The molecule has 2 amide bonds. The number of ketones is 1. The zero-order valence-electron chi connectivity index (χ0n) is 18.8. The molecule has 2 aromatic rings. The summed E-state index contributed by atoms with van der Waals surface area (Å²) in [7, 11) is 3.05. The number of methoxy groups -OCH3 is 2. The molecular weight excluding hydrogens is 412 g/mol. The predicted octanol–water partition coefficient (Wildman–Crippen LogP) is 2.58. The minimum Gasteiger partial charge on any atom is -0.497 e. The Balaban J connectivity index is 1.83. The molecule has 1 unspecified atom stereocenters. The van der Waals surface area contributed by atoms with E-state index in [0.29, 0.717) is 17.2 Å². The Kier molecular flexibility index (Phi) is 5.66. The van der Waals surface area contributed by atoms with Gasteiger partial charge in [-0.1, -0.05) is 12.8 Å². The van der Waals surface area contributed by atoms with Gasteiger partial charge in [0.2, 0.25) is 5.91 Å². The highest BCUT2D eigenvalue weighted by Gasteiger charge is 2.49. The summed E-state index contributed by atoms with van der Waals surface area (Å²) >= 11 is 0. The second kappa shape index (κ2) is 8.29. The molecule has 0 saturated heterocycles. The second-order valence-corrected chi connectivity index (χ2v) is 8.57. The fourth-order valence-electron chi connectivity index (χ4n) is 4.49. The maximum absolute atomic E-state index is 13.7. The molecule has 1 aliphatic carbocycles. The Morgan fingerprint density at radius 3 is 2.28 bits per heavy atom. The van der Waals surface area contributed by atoms with E-state index < -0.39 is 11.4 Å². The summed E-state index contributed by atoms with van der Waals surface area (Å²) in [5.41, 5.74) is -0.364. The molecule has 170 valence electrons. The van der Waals surface area contributed by atoms with Crippen molar-refractivity contribution in [3.05, 3.63) is 35.7 Å². The van der Waals surface area contributed by atoms with Crippen molar-refractivity contribution in [1.82, 2.24) is 15.1 Å². The van der Waals surface area contributed by atoms with Gasteiger partial charge < -0.3 is 14.8 Å². The van der Waals surface area contributed by atoms with Gasteiger partial charge in [-0.15, -0.1) is 0 Å². The average molecular weight is 441 g/mol. The summed E-state index contributed by atoms with van der Waals surface area (Å²) in [4.78, 5) is 40.7. The first-order chi connectivity index (χ1) is 15.3. The second-order valence-electron chi connectivity index (χ2n) is 8.57. The lowest BCUT2D eigenvalue weighted by molar-refractivity contribution is -0.127. The lowest BCUT2D eigenvalue weighted by Crippen LogP contribution is -2.65. The average Bonchev–Trinajstić information content (AvgIpc) is 3.43. The van der Waals surface area contributed by atoms with Crippen molar-refractivity contribution in [3.63, 3.8) is 0 Å². The number of nitrogens with one attached hydrogen (secondary N) is 1. The largest absolute Gasteiger partial charge is 0.497 e. The monoisotopic (exact) mass is 440 g/mol. The third-order valence-electron chi connectivity index (χ3n) is 6.29. The summed E-state index contributed by atoms with van der Waals surface area (Å²) in [5, 5.41) is 7.42. The van der Waals surface area contributed by atoms with Crippen molar-refractivity contribution < 1.29 is 23.9 Å². The number of anilines is 1. The number of nitrogens with zero attached hydrogens (tertiary/aromatic N) is 3. The number of carbonyl (C=O) groups excluding carboxylic acids is 3. The normalized spacial score (nSPS) is 20.8. The quantitative estimate of drug-likeness (QED) is 0.693. The zero-order chi connectivity index (χ0) is 23.0. The van der Waals surface area contributed by atoms with E-state index in [-0.39, 0.29) is 35.7 Å². The Labute approximate surface area is 186 Å². The first-order valence-corrected chi connectivity index (χ1v) is 10.7. The molecule has 2 aliphatic rings. The van der Waals surface area contributed by atoms with Gasteiger partial charge in [0.25, 0.3) is 5.91 Å². The van der Waals surface area contributed by atoms with Crippen LogP contribution in [-0.4, -0.2) is 53.2 Å². The van der Waals surface area contributed by atoms with Crippen LogP contribution in [0.2, 0.25) is 0 Å². The van der Waals surface area contributed by atoms with Crippen molar-refractivity contribution in [2.24, 2.45) is 0 Å². The van der Waals surface area contributed by atoms with E-state index in [1.165, 1.54) is 36.8 Å². The van der Waals surface area contributed by atoms with E-state index in [1.807, 2.05) is 0 Å². The maximum Gasteiger partial charge on any atom is 0.277 e. The van der Waals surface area contributed by atoms with Crippen molar-refractivity contribution in [2.75, 3.05) is 19.1 Å². The van der Waals surface area contributed by atoms with Gasteiger partial charge in [0.1, 0.15) is 28.4 Å². The molecule has 1 fully saturated rings. The molecule has 2 heterocycles. The van der Waals surface area contributed by atoms with Crippen LogP contribution in [0.3, 0.4) is 0 Å². The minimum absolute atomic E-state index is 0.0860. The standard InChI is InChI=1S/C23H28N4O5/c1-14(28)19-12-20-21(29)27(16-9-17(31-3)11-18(10-16)32-4)23(2,13-26(20)25-19)22(30)24-15-7-5-6-8-15/h9-12,15H,5-8,13H2,1-4H3,(H,24,30). The van der Waals surface area contributed by atoms with Crippen LogP contribution < -0.4 is 19.7 Å². The van der Waals surface area contributed by atoms with E-state index in [1.54, 1.807) is 25.1 Å². The molecule has 32 heavy (non-hydrogen) atoms. The van der Waals surface area contributed by atoms with Gasteiger partial charge in [0.15, 0.2) is 5.78 Å².